The lowest BCUT2D eigenvalue weighted by Gasteiger charge is -2.20. The van der Waals surface area contributed by atoms with Crippen LogP contribution in [0.5, 0.6) is 0 Å². The third-order valence-corrected chi connectivity index (χ3v) is 3.93. The lowest BCUT2D eigenvalue weighted by molar-refractivity contribution is -0.132. The molecule has 2 atom stereocenters. The molecule has 86 valence electrons. The maximum absolute atomic E-state index is 12.6. The summed E-state index contributed by atoms with van der Waals surface area (Å²) in [5.74, 6) is -0.505. The molecule has 2 fully saturated rings. The van der Waals surface area contributed by atoms with Crippen molar-refractivity contribution < 1.29 is 13.6 Å². The average molecular weight is 238 g/mol. The minimum absolute atomic E-state index is 0.0950. The predicted octanol–water partition coefficient (Wildman–Crippen LogP) is 2.31. The number of hydrogen-bond acceptors (Lipinski definition) is 1. The van der Waals surface area contributed by atoms with Gasteiger partial charge in [0.15, 0.2) is 0 Å². The number of amides is 1. The molecule has 0 aromatic carbocycles. The summed E-state index contributed by atoms with van der Waals surface area (Å²) in [7, 11) is 0. The van der Waals surface area contributed by atoms with Crippen molar-refractivity contribution in [2.45, 2.75) is 49.9 Å². The van der Waals surface area contributed by atoms with Crippen LogP contribution in [0.1, 0.15) is 32.1 Å². The fourth-order valence-corrected chi connectivity index (χ4v) is 2.41. The highest BCUT2D eigenvalue weighted by atomic mass is 35.5. The summed E-state index contributed by atoms with van der Waals surface area (Å²) in [4.78, 5) is 11.6. The van der Waals surface area contributed by atoms with Gasteiger partial charge in [0.1, 0.15) is 5.41 Å². The molecule has 15 heavy (non-hydrogen) atoms. The van der Waals surface area contributed by atoms with Crippen molar-refractivity contribution in [1.29, 1.82) is 0 Å². The van der Waals surface area contributed by atoms with Crippen molar-refractivity contribution in [3.8, 4) is 0 Å². The van der Waals surface area contributed by atoms with E-state index in [0.717, 1.165) is 19.3 Å². The molecule has 0 bridgehead atoms. The first-order valence-corrected chi connectivity index (χ1v) is 5.73. The van der Waals surface area contributed by atoms with Crippen LogP contribution >= 0.6 is 11.6 Å². The van der Waals surface area contributed by atoms with Crippen LogP contribution in [-0.2, 0) is 4.79 Å². The van der Waals surface area contributed by atoms with Crippen molar-refractivity contribution in [2.75, 3.05) is 0 Å². The second-order valence-electron chi connectivity index (χ2n) is 4.48. The number of carbonyl (C=O) groups excluding carboxylic acids is 1. The maximum Gasteiger partial charge on any atom is 0.252 e. The molecule has 2 nitrogen and oxygen atoms in total. The van der Waals surface area contributed by atoms with E-state index in [1.54, 1.807) is 0 Å². The smallest absolute Gasteiger partial charge is 0.252 e. The fraction of sp³-hybridized carbons (Fsp3) is 0.900. The SMILES string of the molecule is O=C(NC1CCCC1Cl)C1(C(F)F)CC1. The third-order valence-electron chi connectivity index (χ3n) is 3.41. The van der Waals surface area contributed by atoms with Crippen molar-refractivity contribution in [1.82, 2.24) is 5.32 Å². The molecule has 2 rings (SSSR count). The van der Waals surface area contributed by atoms with Crippen LogP contribution < -0.4 is 5.32 Å². The van der Waals surface area contributed by atoms with E-state index in [1.165, 1.54) is 0 Å². The summed E-state index contributed by atoms with van der Waals surface area (Å²) in [6, 6.07) is -0.115. The highest BCUT2D eigenvalue weighted by molar-refractivity contribution is 6.21. The summed E-state index contributed by atoms with van der Waals surface area (Å²) in [5, 5.41) is 2.57. The van der Waals surface area contributed by atoms with Gasteiger partial charge in [-0.05, 0) is 32.1 Å². The molecule has 0 aromatic rings. The molecule has 0 aromatic heterocycles. The van der Waals surface area contributed by atoms with Crippen LogP contribution in [0, 0.1) is 5.41 Å². The molecule has 5 heteroatoms. The first-order chi connectivity index (χ1) is 7.06. The van der Waals surface area contributed by atoms with Crippen molar-refractivity contribution in [2.24, 2.45) is 5.41 Å². The Morgan fingerprint density at radius 1 is 1.40 bits per heavy atom. The van der Waals surface area contributed by atoms with Gasteiger partial charge in [-0.15, -0.1) is 11.6 Å². The highest BCUT2D eigenvalue weighted by Gasteiger charge is 2.58. The molecule has 2 aliphatic rings. The lowest BCUT2D eigenvalue weighted by Crippen LogP contribution is -2.44. The van der Waals surface area contributed by atoms with Gasteiger partial charge in [0.25, 0.3) is 6.43 Å². The van der Waals surface area contributed by atoms with Crippen LogP contribution in [0.3, 0.4) is 0 Å². The maximum atomic E-state index is 12.6. The van der Waals surface area contributed by atoms with Crippen LogP contribution in [0.4, 0.5) is 8.78 Å². The van der Waals surface area contributed by atoms with Crippen molar-refractivity contribution in [3.05, 3.63) is 0 Å². The number of alkyl halides is 3. The summed E-state index contributed by atoms with van der Waals surface area (Å²) in [5.41, 5.74) is -1.39. The van der Waals surface area contributed by atoms with E-state index < -0.39 is 17.7 Å². The van der Waals surface area contributed by atoms with Crippen molar-refractivity contribution >= 4 is 17.5 Å². The van der Waals surface area contributed by atoms with Gasteiger partial charge in [-0.3, -0.25) is 4.79 Å². The van der Waals surface area contributed by atoms with E-state index in [1.807, 2.05) is 0 Å². The standard InChI is InChI=1S/C10H14ClF2NO/c11-6-2-1-3-7(6)14-9(15)10(4-5-10)8(12)13/h6-8H,1-5H2,(H,14,15). The van der Waals surface area contributed by atoms with Gasteiger partial charge < -0.3 is 5.32 Å². The van der Waals surface area contributed by atoms with Gasteiger partial charge in [0.2, 0.25) is 5.91 Å². The zero-order chi connectivity index (χ0) is 11.1. The molecule has 2 aliphatic carbocycles. The molecule has 0 aliphatic heterocycles. The number of halogens is 3. The Kier molecular flexibility index (Phi) is 2.88. The largest absolute Gasteiger partial charge is 0.351 e. The van der Waals surface area contributed by atoms with E-state index >= 15 is 0 Å². The third kappa shape index (κ3) is 1.96. The lowest BCUT2D eigenvalue weighted by atomic mass is 10.1. The number of rotatable bonds is 3. The van der Waals surface area contributed by atoms with Gasteiger partial charge in [-0.25, -0.2) is 8.78 Å². The van der Waals surface area contributed by atoms with E-state index in [9.17, 15) is 13.6 Å². The summed E-state index contributed by atoms with van der Waals surface area (Å²) >= 11 is 5.97. The molecular weight excluding hydrogens is 224 g/mol. The topological polar surface area (TPSA) is 29.1 Å². The minimum atomic E-state index is -2.55. The second kappa shape index (κ2) is 3.89. The van der Waals surface area contributed by atoms with Gasteiger partial charge >= 0.3 is 0 Å². The van der Waals surface area contributed by atoms with Gasteiger partial charge in [0.05, 0.1) is 5.38 Å². The Hall–Kier alpha value is -0.380. The zero-order valence-electron chi connectivity index (χ0n) is 8.31. The predicted molar refractivity (Wildman–Crippen MR) is 53.1 cm³/mol. The summed E-state index contributed by atoms with van der Waals surface area (Å²) < 4.78 is 25.2. The fourth-order valence-electron chi connectivity index (χ4n) is 2.07. The Balaban J connectivity index is 1.92. The summed E-state index contributed by atoms with van der Waals surface area (Å²) in [6.45, 7) is 0. The monoisotopic (exact) mass is 237 g/mol. The van der Waals surface area contributed by atoms with Crippen LogP contribution in [-0.4, -0.2) is 23.8 Å². The number of hydrogen-bond donors (Lipinski definition) is 1. The molecule has 1 N–H and O–H groups in total. The molecule has 0 heterocycles. The molecular formula is C10H14ClF2NO. The van der Waals surface area contributed by atoms with Crippen LogP contribution in [0.2, 0.25) is 0 Å². The number of nitrogens with one attached hydrogen (secondary N) is 1. The van der Waals surface area contributed by atoms with Crippen LogP contribution in [0.15, 0.2) is 0 Å². The Bertz CT molecular complexity index is 268. The van der Waals surface area contributed by atoms with E-state index in [0.29, 0.717) is 12.8 Å². The summed E-state index contributed by atoms with van der Waals surface area (Å²) in [6.07, 6.45) is 0.674. The van der Waals surface area contributed by atoms with Gasteiger partial charge in [0, 0.05) is 6.04 Å². The quantitative estimate of drug-likeness (QED) is 0.750. The normalized spacial score (nSPS) is 33.1. The van der Waals surface area contributed by atoms with Crippen LogP contribution in [0.25, 0.3) is 0 Å². The first-order valence-electron chi connectivity index (χ1n) is 5.29. The number of carbonyl (C=O) groups is 1. The van der Waals surface area contributed by atoms with E-state index in [4.69, 9.17) is 11.6 Å². The Morgan fingerprint density at radius 3 is 2.47 bits per heavy atom. The Morgan fingerprint density at radius 2 is 2.07 bits per heavy atom. The van der Waals surface area contributed by atoms with Gasteiger partial charge in [-0.2, -0.15) is 0 Å². The average Bonchev–Trinajstić information content (AvgIpc) is 2.89. The minimum Gasteiger partial charge on any atom is -0.351 e. The molecule has 0 spiro atoms. The second-order valence-corrected chi connectivity index (χ2v) is 5.04. The molecule has 0 radical (unpaired) electrons. The highest BCUT2D eigenvalue weighted by Crippen LogP contribution is 2.51. The molecule has 2 unspecified atom stereocenters. The molecule has 2 saturated carbocycles. The molecule has 1 amide bonds. The Labute approximate surface area is 92.4 Å². The van der Waals surface area contributed by atoms with E-state index in [-0.39, 0.29) is 11.4 Å². The molecule has 0 saturated heterocycles. The van der Waals surface area contributed by atoms with Crippen molar-refractivity contribution in [3.63, 3.8) is 0 Å². The zero-order valence-corrected chi connectivity index (χ0v) is 9.07. The first kappa shape index (κ1) is 11.1. The van der Waals surface area contributed by atoms with Gasteiger partial charge in [-0.1, -0.05) is 0 Å². The van der Waals surface area contributed by atoms with E-state index in [2.05, 4.69) is 5.32 Å².